The summed E-state index contributed by atoms with van der Waals surface area (Å²) in [6.07, 6.45) is 6.89. The van der Waals surface area contributed by atoms with Gasteiger partial charge in [-0.15, -0.1) is 11.3 Å². The quantitative estimate of drug-likeness (QED) is 0.837. The first-order valence-corrected chi connectivity index (χ1v) is 9.27. The number of para-hydroxylation sites is 1. The van der Waals surface area contributed by atoms with Crippen LogP contribution in [0.3, 0.4) is 0 Å². The van der Waals surface area contributed by atoms with E-state index in [9.17, 15) is 4.79 Å². The summed E-state index contributed by atoms with van der Waals surface area (Å²) < 4.78 is 5.67. The van der Waals surface area contributed by atoms with Crippen molar-refractivity contribution < 1.29 is 9.53 Å². The smallest absolute Gasteiger partial charge is 0.261 e. The molecule has 1 aliphatic heterocycles. The Bertz CT molecular complexity index is 698. The molecule has 23 heavy (non-hydrogen) atoms. The minimum absolute atomic E-state index is 0.0503. The number of benzene rings is 1. The van der Waals surface area contributed by atoms with Gasteiger partial charge in [-0.3, -0.25) is 4.79 Å². The average molecular weight is 327 g/mol. The topological polar surface area (TPSA) is 38.3 Å². The highest BCUT2D eigenvalue weighted by molar-refractivity contribution is 7.14. The van der Waals surface area contributed by atoms with E-state index in [1.807, 2.05) is 24.3 Å². The van der Waals surface area contributed by atoms with E-state index in [-0.39, 0.29) is 11.9 Å². The fourth-order valence-electron chi connectivity index (χ4n) is 3.50. The van der Waals surface area contributed by atoms with E-state index in [1.165, 1.54) is 29.7 Å². The van der Waals surface area contributed by atoms with Crippen LogP contribution in [-0.4, -0.2) is 12.5 Å². The Morgan fingerprint density at radius 1 is 1.17 bits per heavy atom. The third-order valence-corrected chi connectivity index (χ3v) is 5.97. The minimum Gasteiger partial charge on any atom is -0.493 e. The molecule has 0 saturated carbocycles. The first-order valence-electron chi connectivity index (χ1n) is 8.45. The van der Waals surface area contributed by atoms with Crippen molar-refractivity contribution >= 4 is 17.2 Å². The highest BCUT2D eigenvalue weighted by Crippen LogP contribution is 2.33. The van der Waals surface area contributed by atoms with Crippen molar-refractivity contribution in [3.63, 3.8) is 0 Å². The van der Waals surface area contributed by atoms with Crippen molar-refractivity contribution in [1.82, 2.24) is 5.32 Å². The summed E-state index contributed by atoms with van der Waals surface area (Å²) in [6, 6.07) is 10.2. The van der Waals surface area contributed by atoms with Gasteiger partial charge < -0.3 is 10.1 Å². The fourth-order valence-corrected chi connectivity index (χ4v) is 4.66. The number of ether oxygens (including phenoxy) is 1. The molecule has 0 spiro atoms. The van der Waals surface area contributed by atoms with E-state index in [1.54, 1.807) is 11.3 Å². The van der Waals surface area contributed by atoms with Crippen molar-refractivity contribution in [2.75, 3.05) is 6.61 Å². The fraction of sp³-hybridized carbons (Fsp3) is 0.421. The molecule has 3 nitrogen and oxygen atoms in total. The number of carbonyl (C=O) groups excluding carboxylic acids is 1. The number of fused-ring (bicyclic) bond motifs is 2. The molecule has 120 valence electrons. The number of nitrogens with one attached hydrogen (secondary N) is 1. The highest BCUT2D eigenvalue weighted by Gasteiger charge is 2.24. The lowest BCUT2D eigenvalue weighted by Crippen LogP contribution is -2.31. The van der Waals surface area contributed by atoms with E-state index in [0.29, 0.717) is 6.61 Å². The number of thiophene rings is 1. The predicted octanol–water partition coefficient (Wildman–Crippen LogP) is 4.27. The van der Waals surface area contributed by atoms with Crippen molar-refractivity contribution in [3.05, 3.63) is 51.2 Å². The van der Waals surface area contributed by atoms with Crippen LogP contribution < -0.4 is 10.1 Å². The summed E-state index contributed by atoms with van der Waals surface area (Å²) in [5, 5.41) is 3.21. The van der Waals surface area contributed by atoms with E-state index < -0.39 is 0 Å². The molecule has 1 aliphatic carbocycles. The predicted molar refractivity (Wildman–Crippen MR) is 92.3 cm³/mol. The van der Waals surface area contributed by atoms with Crippen LogP contribution in [0.25, 0.3) is 0 Å². The summed E-state index contributed by atoms with van der Waals surface area (Å²) in [5.74, 6) is 0.954. The molecule has 0 radical (unpaired) electrons. The van der Waals surface area contributed by atoms with Crippen LogP contribution in [0.5, 0.6) is 5.75 Å². The van der Waals surface area contributed by atoms with Crippen LogP contribution in [-0.2, 0) is 12.8 Å². The molecule has 1 aromatic heterocycles. The molecule has 0 unspecified atom stereocenters. The lowest BCUT2D eigenvalue weighted by atomic mass is 10.0. The summed E-state index contributed by atoms with van der Waals surface area (Å²) >= 11 is 1.68. The zero-order chi connectivity index (χ0) is 15.6. The standard InChI is InChI=1S/C19H21NO2S/c21-19(18-12-13-6-2-1-3-9-17(13)23-18)20-15-10-11-22-16-8-5-4-7-14(15)16/h4-5,7-8,12,15H,1-3,6,9-11H2,(H,20,21)/t15-/m0/s1. The Balaban J connectivity index is 1.53. The van der Waals surface area contributed by atoms with Crippen molar-refractivity contribution in [3.8, 4) is 5.75 Å². The van der Waals surface area contributed by atoms with Gasteiger partial charge in [0.25, 0.3) is 5.91 Å². The Kier molecular flexibility index (Phi) is 4.08. The molecule has 0 bridgehead atoms. The van der Waals surface area contributed by atoms with Gasteiger partial charge in [0.1, 0.15) is 5.75 Å². The molecule has 2 aliphatic rings. The molecule has 1 aromatic carbocycles. The van der Waals surface area contributed by atoms with Gasteiger partial charge >= 0.3 is 0 Å². The number of rotatable bonds is 2. The first-order chi connectivity index (χ1) is 11.3. The van der Waals surface area contributed by atoms with Gasteiger partial charge in [0.15, 0.2) is 0 Å². The zero-order valence-electron chi connectivity index (χ0n) is 13.1. The zero-order valence-corrected chi connectivity index (χ0v) is 14.0. The highest BCUT2D eigenvalue weighted by atomic mass is 32.1. The molecule has 2 aromatic rings. The molecule has 1 N–H and O–H groups in total. The molecule has 4 heteroatoms. The maximum absolute atomic E-state index is 12.7. The van der Waals surface area contributed by atoms with Crippen LogP contribution in [0.1, 0.15) is 57.4 Å². The molecular weight excluding hydrogens is 306 g/mol. The molecular formula is C19H21NO2S. The van der Waals surface area contributed by atoms with E-state index in [0.717, 1.165) is 35.5 Å². The summed E-state index contributed by atoms with van der Waals surface area (Å²) in [7, 11) is 0. The van der Waals surface area contributed by atoms with Crippen LogP contribution in [0.15, 0.2) is 30.3 Å². The Morgan fingerprint density at radius 2 is 2.04 bits per heavy atom. The normalized spacial score (nSPS) is 19.9. The van der Waals surface area contributed by atoms with Gasteiger partial charge in [-0.2, -0.15) is 0 Å². The second-order valence-corrected chi connectivity index (χ2v) is 7.46. The van der Waals surface area contributed by atoms with Crippen LogP contribution >= 0.6 is 11.3 Å². The second-order valence-electron chi connectivity index (χ2n) is 6.32. The number of hydrogen-bond acceptors (Lipinski definition) is 3. The maximum atomic E-state index is 12.7. The second kappa shape index (κ2) is 6.36. The summed E-state index contributed by atoms with van der Waals surface area (Å²) in [6.45, 7) is 0.656. The molecule has 0 saturated heterocycles. The van der Waals surface area contributed by atoms with Crippen molar-refractivity contribution in [1.29, 1.82) is 0 Å². The van der Waals surface area contributed by atoms with Crippen LogP contribution in [0, 0.1) is 0 Å². The molecule has 1 amide bonds. The van der Waals surface area contributed by atoms with Gasteiger partial charge in [0.05, 0.1) is 17.5 Å². The largest absolute Gasteiger partial charge is 0.493 e. The lowest BCUT2D eigenvalue weighted by molar-refractivity contribution is 0.0929. The van der Waals surface area contributed by atoms with E-state index in [2.05, 4.69) is 11.4 Å². The minimum atomic E-state index is 0.0503. The van der Waals surface area contributed by atoms with Gasteiger partial charge in [-0.25, -0.2) is 0 Å². The monoisotopic (exact) mass is 327 g/mol. The van der Waals surface area contributed by atoms with Crippen molar-refractivity contribution in [2.45, 2.75) is 44.6 Å². The number of carbonyl (C=O) groups is 1. The van der Waals surface area contributed by atoms with Gasteiger partial charge in [0, 0.05) is 16.9 Å². The Morgan fingerprint density at radius 3 is 3.00 bits per heavy atom. The first kappa shape index (κ1) is 14.8. The maximum Gasteiger partial charge on any atom is 0.261 e. The summed E-state index contributed by atoms with van der Waals surface area (Å²) in [4.78, 5) is 15.0. The average Bonchev–Trinajstić information content (AvgIpc) is 2.86. The van der Waals surface area contributed by atoms with Crippen LogP contribution in [0.4, 0.5) is 0 Å². The number of hydrogen-bond donors (Lipinski definition) is 1. The Hall–Kier alpha value is -1.81. The van der Waals surface area contributed by atoms with Gasteiger partial charge in [-0.05, 0) is 43.4 Å². The van der Waals surface area contributed by atoms with Crippen molar-refractivity contribution in [2.24, 2.45) is 0 Å². The van der Waals surface area contributed by atoms with Gasteiger partial charge in [-0.1, -0.05) is 24.6 Å². The third kappa shape index (κ3) is 3.00. The third-order valence-electron chi connectivity index (χ3n) is 4.73. The lowest BCUT2D eigenvalue weighted by Gasteiger charge is -2.26. The Labute approximate surface area is 140 Å². The summed E-state index contributed by atoms with van der Waals surface area (Å²) in [5.41, 5.74) is 2.48. The molecule has 2 heterocycles. The SMILES string of the molecule is O=C(N[C@H]1CCOc2ccccc21)c1cc2c(s1)CCCCC2. The van der Waals surface area contributed by atoms with E-state index in [4.69, 9.17) is 4.74 Å². The van der Waals surface area contributed by atoms with Gasteiger partial charge in [0.2, 0.25) is 0 Å². The van der Waals surface area contributed by atoms with E-state index >= 15 is 0 Å². The molecule has 4 rings (SSSR count). The van der Waals surface area contributed by atoms with Crippen LogP contribution in [0.2, 0.25) is 0 Å². The number of amides is 1. The molecule has 1 atom stereocenters. The molecule has 0 fully saturated rings. The number of aryl methyl sites for hydroxylation is 2.